The molecule has 0 N–H and O–H groups in total. The summed E-state index contributed by atoms with van der Waals surface area (Å²) >= 11 is 1.32. The lowest BCUT2D eigenvalue weighted by Gasteiger charge is -2.19. The molecular weight excluding hydrogens is 244 g/mol. The molecule has 3 atom stereocenters. The molecule has 18 heavy (non-hydrogen) atoms. The minimum absolute atomic E-state index is 0.224. The number of ether oxygens (including phenoxy) is 1. The molecule has 102 valence electrons. The Balaban J connectivity index is 2.62. The van der Waals surface area contributed by atoms with Crippen molar-refractivity contribution in [3.63, 3.8) is 0 Å². The largest absolute Gasteiger partial charge is 0.464 e. The molecule has 0 radical (unpaired) electrons. The van der Waals surface area contributed by atoms with Crippen molar-refractivity contribution in [2.24, 2.45) is 5.92 Å². The van der Waals surface area contributed by atoms with Gasteiger partial charge in [0.05, 0.1) is 0 Å². The van der Waals surface area contributed by atoms with E-state index in [2.05, 4.69) is 32.9 Å². The quantitative estimate of drug-likeness (QED) is 0.520. The molecule has 1 rings (SSSR count). The summed E-state index contributed by atoms with van der Waals surface area (Å²) in [5, 5.41) is 0. The number of hydrogen-bond donors (Lipinski definition) is 0. The molecule has 0 bridgehead atoms. The lowest BCUT2D eigenvalue weighted by molar-refractivity contribution is 0.0409. The molecule has 3 heteroatoms. The summed E-state index contributed by atoms with van der Waals surface area (Å²) in [4.78, 5) is 0. The molecule has 3 unspecified atom stereocenters. The van der Waals surface area contributed by atoms with E-state index in [0.29, 0.717) is 11.8 Å². The summed E-state index contributed by atoms with van der Waals surface area (Å²) in [6.45, 7) is 8.71. The summed E-state index contributed by atoms with van der Waals surface area (Å²) in [5.74, 6) is 2.15. The Kier molecular flexibility index (Phi) is 6.58. The van der Waals surface area contributed by atoms with E-state index in [1.807, 2.05) is 25.3 Å². The predicted molar refractivity (Wildman–Crippen MR) is 79.0 cm³/mol. The smallest absolute Gasteiger partial charge is 0.209 e. The summed E-state index contributed by atoms with van der Waals surface area (Å²) in [5.41, 5.74) is 1.37. The number of benzene rings is 1. The van der Waals surface area contributed by atoms with Crippen molar-refractivity contribution < 1.29 is 8.92 Å². The summed E-state index contributed by atoms with van der Waals surface area (Å²) in [7, 11) is 0. The van der Waals surface area contributed by atoms with Crippen LogP contribution in [0.2, 0.25) is 0 Å². The van der Waals surface area contributed by atoms with Gasteiger partial charge in [0.15, 0.2) is 0 Å². The molecule has 0 aliphatic rings. The normalized spacial score (nSPS) is 16.1. The summed E-state index contributed by atoms with van der Waals surface area (Å²) in [6, 6.07) is 8.35. The van der Waals surface area contributed by atoms with Crippen LogP contribution in [0.5, 0.6) is 5.75 Å². The Hall–Kier alpha value is -0.670. The molecule has 0 heterocycles. The SMILES string of the molecule is CCC(C)C(C)c1ccc(OC(C)OSC)cc1. The van der Waals surface area contributed by atoms with E-state index in [-0.39, 0.29) is 6.29 Å². The van der Waals surface area contributed by atoms with E-state index in [0.717, 1.165) is 5.75 Å². The van der Waals surface area contributed by atoms with Crippen molar-refractivity contribution in [2.45, 2.75) is 46.3 Å². The Morgan fingerprint density at radius 2 is 1.72 bits per heavy atom. The Morgan fingerprint density at radius 1 is 1.11 bits per heavy atom. The first kappa shape index (κ1) is 15.4. The molecule has 0 fully saturated rings. The molecule has 2 nitrogen and oxygen atoms in total. The third-order valence-corrected chi connectivity index (χ3v) is 3.90. The first-order valence-corrected chi connectivity index (χ1v) is 7.69. The highest BCUT2D eigenvalue weighted by atomic mass is 32.2. The van der Waals surface area contributed by atoms with Gasteiger partial charge in [-0.3, -0.25) is 4.18 Å². The van der Waals surface area contributed by atoms with Crippen molar-refractivity contribution in [3.05, 3.63) is 29.8 Å². The van der Waals surface area contributed by atoms with E-state index in [9.17, 15) is 0 Å². The fraction of sp³-hybridized carbons (Fsp3) is 0.600. The highest BCUT2D eigenvalue weighted by Gasteiger charge is 2.12. The van der Waals surface area contributed by atoms with Crippen LogP contribution in [0.25, 0.3) is 0 Å². The zero-order chi connectivity index (χ0) is 13.5. The van der Waals surface area contributed by atoms with Crippen LogP contribution in [0.3, 0.4) is 0 Å². The van der Waals surface area contributed by atoms with Crippen LogP contribution in [0.15, 0.2) is 24.3 Å². The van der Waals surface area contributed by atoms with Crippen LogP contribution in [-0.2, 0) is 4.18 Å². The van der Waals surface area contributed by atoms with Gasteiger partial charge in [-0.2, -0.15) is 0 Å². The van der Waals surface area contributed by atoms with Crippen molar-refractivity contribution in [1.82, 2.24) is 0 Å². The average Bonchev–Trinajstić information content (AvgIpc) is 2.38. The Labute approximate surface area is 115 Å². The lowest BCUT2D eigenvalue weighted by Crippen LogP contribution is -2.12. The van der Waals surface area contributed by atoms with Crippen molar-refractivity contribution in [2.75, 3.05) is 6.26 Å². The van der Waals surface area contributed by atoms with E-state index >= 15 is 0 Å². The van der Waals surface area contributed by atoms with Gasteiger partial charge in [-0.1, -0.05) is 39.3 Å². The van der Waals surface area contributed by atoms with Crippen molar-refractivity contribution >= 4 is 12.0 Å². The first-order valence-electron chi connectivity index (χ1n) is 6.54. The summed E-state index contributed by atoms with van der Waals surface area (Å²) < 4.78 is 10.9. The number of rotatable bonds is 7. The summed E-state index contributed by atoms with van der Waals surface area (Å²) in [6.07, 6.45) is 2.87. The fourth-order valence-electron chi connectivity index (χ4n) is 1.88. The van der Waals surface area contributed by atoms with Gasteiger partial charge in [0.2, 0.25) is 6.29 Å². The van der Waals surface area contributed by atoms with Gasteiger partial charge in [-0.05, 0) is 48.5 Å². The highest BCUT2D eigenvalue weighted by Crippen LogP contribution is 2.27. The molecule has 0 aromatic heterocycles. The minimum atomic E-state index is -0.224. The van der Waals surface area contributed by atoms with Gasteiger partial charge in [0.1, 0.15) is 5.75 Å². The maximum atomic E-state index is 5.63. The minimum Gasteiger partial charge on any atom is -0.464 e. The van der Waals surface area contributed by atoms with Crippen LogP contribution in [-0.4, -0.2) is 12.5 Å². The molecule has 0 saturated carbocycles. The first-order chi connectivity index (χ1) is 8.58. The van der Waals surface area contributed by atoms with E-state index in [1.54, 1.807) is 0 Å². The maximum absolute atomic E-state index is 5.63. The number of hydrogen-bond acceptors (Lipinski definition) is 3. The third kappa shape index (κ3) is 4.54. The molecule has 0 aliphatic heterocycles. The van der Waals surface area contributed by atoms with Gasteiger partial charge in [-0.25, -0.2) is 0 Å². The molecule has 0 spiro atoms. The Bertz CT molecular complexity index is 337. The van der Waals surface area contributed by atoms with Gasteiger partial charge in [0, 0.05) is 6.26 Å². The monoisotopic (exact) mass is 268 g/mol. The van der Waals surface area contributed by atoms with Crippen LogP contribution < -0.4 is 4.74 Å². The molecule has 0 amide bonds. The topological polar surface area (TPSA) is 18.5 Å². The van der Waals surface area contributed by atoms with Gasteiger partial charge >= 0.3 is 0 Å². The second-order valence-electron chi connectivity index (χ2n) is 4.69. The maximum Gasteiger partial charge on any atom is 0.209 e. The van der Waals surface area contributed by atoms with E-state index < -0.39 is 0 Å². The molecule has 0 aliphatic carbocycles. The lowest BCUT2D eigenvalue weighted by atomic mass is 9.87. The van der Waals surface area contributed by atoms with Crippen molar-refractivity contribution in [3.8, 4) is 5.75 Å². The zero-order valence-corrected chi connectivity index (χ0v) is 12.8. The molecule has 1 aromatic rings. The highest BCUT2D eigenvalue weighted by molar-refractivity contribution is 7.93. The van der Waals surface area contributed by atoms with Gasteiger partial charge in [0.25, 0.3) is 0 Å². The van der Waals surface area contributed by atoms with E-state index in [1.165, 1.54) is 24.0 Å². The van der Waals surface area contributed by atoms with Crippen LogP contribution in [0.1, 0.15) is 45.6 Å². The molecular formula is C15H24O2S. The molecule has 0 saturated heterocycles. The van der Waals surface area contributed by atoms with Crippen molar-refractivity contribution in [1.29, 1.82) is 0 Å². The predicted octanol–water partition coefficient (Wildman–Crippen LogP) is 4.86. The van der Waals surface area contributed by atoms with Crippen LogP contribution >= 0.6 is 12.0 Å². The zero-order valence-electron chi connectivity index (χ0n) is 12.0. The fourth-order valence-corrected chi connectivity index (χ4v) is 2.19. The average molecular weight is 268 g/mol. The third-order valence-electron chi connectivity index (χ3n) is 3.44. The molecule has 1 aromatic carbocycles. The standard InChI is InChI=1S/C15H24O2S/c1-6-11(2)12(3)14-7-9-15(10-8-14)16-13(4)17-18-5/h7-13H,6H2,1-5H3. The van der Waals surface area contributed by atoms with E-state index in [4.69, 9.17) is 8.92 Å². The second kappa shape index (κ2) is 7.70. The van der Waals surface area contributed by atoms with Gasteiger partial charge < -0.3 is 4.74 Å². The Morgan fingerprint density at radius 3 is 2.22 bits per heavy atom. The van der Waals surface area contributed by atoms with Gasteiger partial charge in [-0.15, -0.1) is 0 Å². The van der Waals surface area contributed by atoms with Crippen LogP contribution in [0.4, 0.5) is 0 Å². The second-order valence-corrected chi connectivity index (χ2v) is 5.22. The van der Waals surface area contributed by atoms with Crippen LogP contribution in [0, 0.1) is 5.92 Å².